The van der Waals surface area contributed by atoms with Crippen molar-refractivity contribution in [2.45, 2.75) is 38.6 Å². The molecule has 0 amide bonds. The molecule has 2 nitrogen and oxygen atoms in total. The Hall–Kier alpha value is -1.19. The topological polar surface area (TPSA) is 21.3 Å². The molecule has 0 radical (unpaired) electrons. The van der Waals surface area contributed by atoms with Crippen LogP contribution in [0.3, 0.4) is 0 Å². The first-order chi connectivity index (χ1) is 10.2. The van der Waals surface area contributed by atoms with Crippen molar-refractivity contribution < 1.29 is 4.74 Å². The summed E-state index contributed by atoms with van der Waals surface area (Å²) in [6, 6.07) is 8.29. The predicted octanol–water partition coefficient (Wildman–Crippen LogP) is 5.46. The Kier molecular flexibility index (Phi) is 4.41. The summed E-state index contributed by atoms with van der Waals surface area (Å²) >= 11 is 8.04. The van der Waals surface area contributed by atoms with Gasteiger partial charge in [0.25, 0.3) is 0 Å². The number of rotatable bonds is 4. The van der Waals surface area contributed by atoms with E-state index in [0.29, 0.717) is 0 Å². The highest BCUT2D eigenvalue weighted by Gasteiger charge is 2.17. The monoisotopic (exact) mass is 321 g/mol. The van der Waals surface area contributed by atoms with Gasteiger partial charge in [0, 0.05) is 14.8 Å². The molecule has 4 heteroatoms. The number of thiophene rings is 1. The van der Waals surface area contributed by atoms with Gasteiger partial charge >= 0.3 is 0 Å². The van der Waals surface area contributed by atoms with Gasteiger partial charge in [0.05, 0.1) is 18.8 Å². The maximum atomic E-state index is 6.09. The number of fused-ring (bicyclic) bond motifs is 1. The van der Waals surface area contributed by atoms with Gasteiger partial charge in [-0.1, -0.05) is 11.6 Å². The Bertz CT molecular complexity index is 614. The van der Waals surface area contributed by atoms with Gasteiger partial charge in [0.2, 0.25) is 0 Å². The minimum atomic E-state index is 0.257. The number of nitrogens with one attached hydrogen (secondary N) is 1. The molecule has 1 heterocycles. The largest absolute Gasteiger partial charge is 0.495 e. The molecule has 2 aromatic rings. The van der Waals surface area contributed by atoms with Gasteiger partial charge in [0.15, 0.2) is 0 Å². The predicted molar refractivity (Wildman–Crippen MR) is 91.0 cm³/mol. The van der Waals surface area contributed by atoms with Gasteiger partial charge < -0.3 is 10.1 Å². The summed E-state index contributed by atoms with van der Waals surface area (Å²) in [6.07, 6.45) is 5.14. The summed E-state index contributed by atoms with van der Waals surface area (Å²) in [6.45, 7) is 2.19. The molecule has 1 aromatic heterocycles. The van der Waals surface area contributed by atoms with Crippen LogP contribution in [0.2, 0.25) is 5.02 Å². The van der Waals surface area contributed by atoms with Crippen LogP contribution in [0.5, 0.6) is 5.75 Å². The number of methoxy groups -OCH3 is 1. The van der Waals surface area contributed by atoms with Crippen LogP contribution in [0.25, 0.3) is 0 Å². The van der Waals surface area contributed by atoms with Crippen molar-refractivity contribution >= 4 is 28.6 Å². The first-order valence-electron chi connectivity index (χ1n) is 7.39. The van der Waals surface area contributed by atoms with Crippen molar-refractivity contribution in [3.63, 3.8) is 0 Å². The molecule has 1 aliphatic rings. The fraction of sp³-hybridized carbons (Fsp3) is 0.412. The molecular formula is C17H20ClNOS. The van der Waals surface area contributed by atoms with Gasteiger partial charge in [-0.2, -0.15) is 0 Å². The maximum absolute atomic E-state index is 6.09. The van der Waals surface area contributed by atoms with Crippen molar-refractivity contribution in [2.75, 3.05) is 12.4 Å². The average molecular weight is 322 g/mol. The standard InChI is InChI=1S/C17H20ClNOS/c1-11(17-9-12-5-3-4-6-16(12)21-17)19-14-10-13(18)7-8-15(14)20-2/h7-11,19H,3-6H2,1-2H3. The minimum Gasteiger partial charge on any atom is -0.495 e. The first kappa shape index (κ1) is 14.7. The normalized spacial score (nSPS) is 15.4. The number of halogens is 1. The molecule has 112 valence electrons. The van der Waals surface area contributed by atoms with E-state index < -0.39 is 0 Å². The molecule has 1 aromatic carbocycles. The van der Waals surface area contributed by atoms with E-state index >= 15 is 0 Å². The van der Waals surface area contributed by atoms with E-state index in [0.717, 1.165) is 16.5 Å². The number of aryl methyl sites for hydroxylation is 2. The number of benzene rings is 1. The smallest absolute Gasteiger partial charge is 0.142 e. The summed E-state index contributed by atoms with van der Waals surface area (Å²) in [5.74, 6) is 0.826. The van der Waals surface area contributed by atoms with E-state index in [-0.39, 0.29) is 6.04 Å². The van der Waals surface area contributed by atoms with E-state index in [1.165, 1.54) is 30.6 Å². The molecule has 1 aliphatic carbocycles. The Morgan fingerprint density at radius 2 is 2.05 bits per heavy atom. The average Bonchev–Trinajstić information content (AvgIpc) is 2.91. The quantitative estimate of drug-likeness (QED) is 0.807. The summed E-state index contributed by atoms with van der Waals surface area (Å²) in [4.78, 5) is 2.96. The highest BCUT2D eigenvalue weighted by Crippen LogP contribution is 2.36. The third-order valence-corrected chi connectivity index (χ3v) is 5.63. The van der Waals surface area contributed by atoms with Crippen LogP contribution in [0.4, 0.5) is 5.69 Å². The molecule has 0 saturated carbocycles. The molecule has 0 spiro atoms. The molecule has 1 unspecified atom stereocenters. The molecule has 0 saturated heterocycles. The Morgan fingerprint density at radius 1 is 1.24 bits per heavy atom. The lowest BCUT2D eigenvalue weighted by Crippen LogP contribution is -2.06. The zero-order chi connectivity index (χ0) is 14.8. The fourth-order valence-electron chi connectivity index (χ4n) is 2.82. The molecule has 0 bridgehead atoms. The molecular weight excluding hydrogens is 302 g/mol. The highest BCUT2D eigenvalue weighted by molar-refractivity contribution is 7.12. The SMILES string of the molecule is COc1ccc(Cl)cc1NC(C)c1cc2c(s1)CCCC2. The van der Waals surface area contributed by atoms with Crippen molar-refractivity contribution in [3.8, 4) is 5.75 Å². The zero-order valence-corrected chi connectivity index (χ0v) is 14.0. The first-order valence-corrected chi connectivity index (χ1v) is 8.58. The van der Waals surface area contributed by atoms with E-state index in [1.54, 1.807) is 17.6 Å². The van der Waals surface area contributed by atoms with Crippen molar-refractivity contribution in [1.29, 1.82) is 0 Å². The van der Waals surface area contributed by atoms with Crippen LogP contribution in [0.1, 0.15) is 41.1 Å². The third kappa shape index (κ3) is 3.19. The van der Waals surface area contributed by atoms with Gasteiger partial charge in [0.1, 0.15) is 5.75 Å². The third-order valence-electron chi connectivity index (χ3n) is 3.98. The summed E-state index contributed by atoms with van der Waals surface area (Å²) in [5.41, 5.74) is 2.50. The number of ether oxygens (including phenoxy) is 1. The van der Waals surface area contributed by atoms with Crippen LogP contribution >= 0.6 is 22.9 Å². The van der Waals surface area contributed by atoms with Crippen molar-refractivity contribution in [2.24, 2.45) is 0 Å². The van der Waals surface area contributed by atoms with Gasteiger partial charge in [-0.25, -0.2) is 0 Å². The van der Waals surface area contributed by atoms with Crippen LogP contribution in [0.15, 0.2) is 24.3 Å². The molecule has 1 N–H and O–H groups in total. The maximum Gasteiger partial charge on any atom is 0.142 e. The summed E-state index contributed by atoms with van der Waals surface area (Å²) < 4.78 is 5.40. The van der Waals surface area contributed by atoms with Gasteiger partial charge in [-0.05, 0) is 62.4 Å². The lowest BCUT2D eigenvalue weighted by Gasteiger charge is -2.16. The number of hydrogen-bond acceptors (Lipinski definition) is 3. The Balaban J connectivity index is 1.81. The zero-order valence-electron chi connectivity index (χ0n) is 12.4. The van der Waals surface area contributed by atoms with E-state index in [1.807, 2.05) is 29.5 Å². The molecule has 1 atom stereocenters. The van der Waals surface area contributed by atoms with Crippen LogP contribution in [0, 0.1) is 0 Å². The summed E-state index contributed by atoms with van der Waals surface area (Å²) in [7, 11) is 1.68. The van der Waals surface area contributed by atoms with E-state index in [2.05, 4.69) is 18.3 Å². The lowest BCUT2D eigenvalue weighted by atomic mass is 9.99. The second-order valence-corrected chi connectivity index (χ2v) is 7.12. The van der Waals surface area contributed by atoms with Crippen LogP contribution in [-0.2, 0) is 12.8 Å². The Labute approximate surface area is 135 Å². The van der Waals surface area contributed by atoms with Crippen molar-refractivity contribution in [1.82, 2.24) is 0 Å². The van der Waals surface area contributed by atoms with Gasteiger partial charge in [-0.15, -0.1) is 11.3 Å². The van der Waals surface area contributed by atoms with Crippen LogP contribution in [-0.4, -0.2) is 7.11 Å². The van der Waals surface area contributed by atoms with E-state index in [9.17, 15) is 0 Å². The minimum absolute atomic E-state index is 0.257. The lowest BCUT2D eigenvalue weighted by molar-refractivity contribution is 0.416. The van der Waals surface area contributed by atoms with E-state index in [4.69, 9.17) is 16.3 Å². The molecule has 3 rings (SSSR count). The second kappa shape index (κ2) is 6.29. The number of anilines is 1. The second-order valence-electron chi connectivity index (χ2n) is 5.51. The fourth-order valence-corrected chi connectivity index (χ4v) is 4.26. The summed E-state index contributed by atoms with van der Waals surface area (Å²) in [5, 5.41) is 4.25. The Morgan fingerprint density at radius 3 is 2.81 bits per heavy atom. The van der Waals surface area contributed by atoms with Gasteiger partial charge in [-0.3, -0.25) is 0 Å². The highest BCUT2D eigenvalue weighted by atomic mass is 35.5. The molecule has 21 heavy (non-hydrogen) atoms. The number of hydrogen-bond donors (Lipinski definition) is 1. The van der Waals surface area contributed by atoms with Crippen molar-refractivity contribution in [3.05, 3.63) is 44.6 Å². The van der Waals surface area contributed by atoms with Crippen LogP contribution < -0.4 is 10.1 Å². The molecule has 0 aliphatic heterocycles. The molecule has 0 fully saturated rings.